The SMILES string of the molecule is COc1ccccn1.Cc1nc2nc(N3CCOCC3)nc(-c3ccc(C(F)(F)F)nc3)c2nc1C. The number of alkyl halides is 3. The van der Waals surface area contributed by atoms with E-state index in [0.717, 1.165) is 18.0 Å². The van der Waals surface area contributed by atoms with Crippen molar-refractivity contribution in [3.63, 3.8) is 0 Å². The first kappa shape index (κ1) is 25.2. The number of hydrogen-bond acceptors (Lipinski definition) is 9. The Morgan fingerprint density at radius 1 is 0.917 bits per heavy atom. The molecule has 12 heteroatoms. The standard InChI is InChI=1S/C18H17F3N6O.C6H7NO/c1-10-11(2)24-16-15(23-10)14(12-3-4-13(22-9-12)18(19,20)21)25-17(26-16)27-5-7-28-8-6-27;1-8-6-4-2-3-5-7-6/h3-4,9H,5-8H2,1-2H3;2-5H,1H3. The van der Waals surface area contributed by atoms with Crippen molar-refractivity contribution in [3.05, 3.63) is 59.8 Å². The normalized spacial score (nSPS) is 13.8. The second kappa shape index (κ2) is 10.8. The van der Waals surface area contributed by atoms with Crippen LogP contribution in [0.25, 0.3) is 22.4 Å². The Bertz CT molecular complexity index is 1310. The highest BCUT2D eigenvalue weighted by atomic mass is 19.4. The zero-order valence-corrected chi connectivity index (χ0v) is 20.0. The van der Waals surface area contributed by atoms with E-state index in [1.165, 1.54) is 6.07 Å². The van der Waals surface area contributed by atoms with Crippen molar-refractivity contribution in [1.29, 1.82) is 0 Å². The number of aryl methyl sites for hydroxylation is 2. The molecule has 1 saturated heterocycles. The van der Waals surface area contributed by atoms with Crippen LogP contribution in [-0.2, 0) is 10.9 Å². The quantitative estimate of drug-likeness (QED) is 0.413. The van der Waals surface area contributed by atoms with Crippen LogP contribution in [0.5, 0.6) is 5.88 Å². The second-order valence-corrected chi connectivity index (χ2v) is 7.84. The molecule has 188 valence electrons. The zero-order valence-electron chi connectivity index (χ0n) is 20.0. The molecule has 0 amide bonds. The van der Waals surface area contributed by atoms with Gasteiger partial charge in [-0.1, -0.05) is 6.07 Å². The number of fused-ring (bicyclic) bond motifs is 1. The van der Waals surface area contributed by atoms with E-state index < -0.39 is 11.9 Å². The van der Waals surface area contributed by atoms with E-state index in [1.54, 1.807) is 19.4 Å². The minimum atomic E-state index is -4.50. The highest BCUT2D eigenvalue weighted by molar-refractivity contribution is 5.87. The first-order valence-corrected chi connectivity index (χ1v) is 11.1. The first-order valence-electron chi connectivity index (χ1n) is 11.1. The molecular formula is C24H24F3N7O2. The maximum absolute atomic E-state index is 12.9. The molecular weight excluding hydrogens is 475 g/mol. The van der Waals surface area contributed by atoms with Crippen molar-refractivity contribution in [2.45, 2.75) is 20.0 Å². The number of aromatic nitrogens is 6. The molecule has 1 aliphatic rings. The molecule has 9 nitrogen and oxygen atoms in total. The van der Waals surface area contributed by atoms with Crippen LogP contribution in [0.4, 0.5) is 19.1 Å². The minimum absolute atomic E-state index is 0.398. The molecule has 1 fully saturated rings. The van der Waals surface area contributed by atoms with Crippen LogP contribution < -0.4 is 9.64 Å². The van der Waals surface area contributed by atoms with Gasteiger partial charge >= 0.3 is 6.18 Å². The third-order valence-corrected chi connectivity index (χ3v) is 5.40. The van der Waals surface area contributed by atoms with Gasteiger partial charge < -0.3 is 14.4 Å². The summed E-state index contributed by atoms with van der Waals surface area (Å²) in [7, 11) is 1.60. The average Bonchev–Trinajstić information content (AvgIpc) is 2.90. The molecule has 0 N–H and O–H groups in total. The molecule has 0 aliphatic carbocycles. The summed E-state index contributed by atoms with van der Waals surface area (Å²) < 4.78 is 48.7. The Kier molecular flexibility index (Phi) is 7.53. The van der Waals surface area contributed by atoms with Gasteiger partial charge in [-0.3, -0.25) is 4.98 Å². The van der Waals surface area contributed by atoms with Crippen LogP contribution in [0.3, 0.4) is 0 Å². The Hall–Kier alpha value is -3.93. The lowest BCUT2D eigenvalue weighted by molar-refractivity contribution is -0.141. The number of anilines is 1. The molecule has 4 aromatic heterocycles. The fourth-order valence-electron chi connectivity index (χ4n) is 3.38. The van der Waals surface area contributed by atoms with Gasteiger partial charge in [-0.2, -0.15) is 18.2 Å². The number of rotatable bonds is 3. The Labute approximate surface area is 205 Å². The van der Waals surface area contributed by atoms with Crippen LogP contribution in [0.2, 0.25) is 0 Å². The average molecular weight is 499 g/mol. The van der Waals surface area contributed by atoms with Gasteiger partial charge in [-0.25, -0.2) is 19.9 Å². The maximum Gasteiger partial charge on any atom is 0.433 e. The number of halogens is 3. The summed E-state index contributed by atoms with van der Waals surface area (Å²) in [6.07, 6.45) is -1.65. The molecule has 0 aromatic carbocycles. The minimum Gasteiger partial charge on any atom is -0.481 e. The van der Waals surface area contributed by atoms with Crippen LogP contribution in [0.1, 0.15) is 17.1 Å². The predicted molar refractivity (Wildman–Crippen MR) is 127 cm³/mol. The van der Waals surface area contributed by atoms with E-state index >= 15 is 0 Å². The maximum atomic E-state index is 12.9. The number of hydrogen-bond donors (Lipinski definition) is 0. The molecule has 5 heterocycles. The van der Waals surface area contributed by atoms with Gasteiger partial charge in [-0.15, -0.1) is 0 Å². The van der Waals surface area contributed by atoms with Crippen molar-refractivity contribution in [2.75, 3.05) is 38.3 Å². The molecule has 0 radical (unpaired) electrons. The number of morpholine rings is 1. The van der Waals surface area contributed by atoms with Gasteiger partial charge in [-0.05, 0) is 32.0 Å². The molecule has 0 bridgehead atoms. The smallest absolute Gasteiger partial charge is 0.433 e. The molecule has 5 rings (SSSR count). The fraction of sp³-hybridized carbons (Fsp3) is 0.333. The predicted octanol–water partition coefficient (Wildman–Crippen LogP) is 4.04. The number of nitrogens with zero attached hydrogens (tertiary/aromatic N) is 7. The van der Waals surface area contributed by atoms with Crippen molar-refractivity contribution < 1.29 is 22.6 Å². The van der Waals surface area contributed by atoms with E-state index in [4.69, 9.17) is 9.47 Å². The summed E-state index contributed by atoms with van der Waals surface area (Å²) in [5.74, 6) is 1.11. The van der Waals surface area contributed by atoms with Crippen molar-refractivity contribution in [2.24, 2.45) is 0 Å². The Morgan fingerprint density at radius 3 is 2.25 bits per heavy atom. The topological polar surface area (TPSA) is 99.0 Å². The lowest BCUT2D eigenvalue weighted by Gasteiger charge is -2.27. The summed E-state index contributed by atoms with van der Waals surface area (Å²) >= 11 is 0. The van der Waals surface area contributed by atoms with Crippen LogP contribution in [-0.4, -0.2) is 63.3 Å². The highest BCUT2D eigenvalue weighted by Gasteiger charge is 2.32. The van der Waals surface area contributed by atoms with Crippen LogP contribution in [0.15, 0.2) is 42.7 Å². The largest absolute Gasteiger partial charge is 0.481 e. The summed E-state index contributed by atoms with van der Waals surface area (Å²) in [6, 6.07) is 7.82. The monoisotopic (exact) mass is 499 g/mol. The third kappa shape index (κ3) is 5.82. The highest BCUT2D eigenvalue weighted by Crippen LogP contribution is 2.31. The van der Waals surface area contributed by atoms with E-state index in [2.05, 4.69) is 29.9 Å². The van der Waals surface area contributed by atoms with Crippen molar-refractivity contribution >= 4 is 17.1 Å². The van der Waals surface area contributed by atoms with Gasteiger partial charge in [0.2, 0.25) is 11.8 Å². The van der Waals surface area contributed by atoms with Crippen molar-refractivity contribution in [3.8, 4) is 17.1 Å². The van der Waals surface area contributed by atoms with Gasteiger partial charge in [0.25, 0.3) is 0 Å². The fourth-order valence-corrected chi connectivity index (χ4v) is 3.38. The van der Waals surface area contributed by atoms with E-state index in [-0.39, 0.29) is 0 Å². The summed E-state index contributed by atoms with van der Waals surface area (Å²) in [6.45, 7) is 5.99. The molecule has 36 heavy (non-hydrogen) atoms. The van der Waals surface area contributed by atoms with E-state index in [9.17, 15) is 13.2 Å². The molecule has 0 atom stereocenters. The summed E-state index contributed by atoms with van der Waals surface area (Å²) in [5, 5.41) is 0. The first-order chi connectivity index (χ1) is 17.3. The van der Waals surface area contributed by atoms with Gasteiger partial charge in [0, 0.05) is 37.1 Å². The summed E-state index contributed by atoms with van der Waals surface area (Å²) in [4.78, 5) is 27.5. The van der Waals surface area contributed by atoms with Gasteiger partial charge in [0.15, 0.2) is 5.65 Å². The molecule has 0 spiro atoms. The zero-order chi connectivity index (χ0) is 25.7. The lowest BCUT2D eigenvalue weighted by atomic mass is 10.1. The summed E-state index contributed by atoms with van der Waals surface area (Å²) in [5.41, 5.74) is 2.14. The van der Waals surface area contributed by atoms with E-state index in [1.807, 2.05) is 30.9 Å². The molecule has 4 aromatic rings. The number of methoxy groups -OCH3 is 1. The van der Waals surface area contributed by atoms with E-state index in [0.29, 0.717) is 66.2 Å². The number of ether oxygens (including phenoxy) is 2. The van der Waals surface area contributed by atoms with Crippen LogP contribution >= 0.6 is 0 Å². The molecule has 0 unspecified atom stereocenters. The molecule has 0 saturated carbocycles. The third-order valence-electron chi connectivity index (χ3n) is 5.40. The van der Waals surface area contributed by atoms with Gasteiger partial charge in [0.1, 0.15) is 16.9 Å². The van der Waals surface area contributed by atoms with Crippen LogP contribution in [0, 0.1) is 13.8 Å². The van der Waals surface area contributed by atoms with Gasteiger partial charge in [0.05, 0.1) is 31.7 Å². The molecule has 1 aliphatic heterocycles. The Balaban J connectivity index is 0.000000325. The van der Waals surface area contributed by atoms with Crippen molar-refractivity contribution in [1.82, 2.24) is 29.9 Å². The second-order valence-electron chi connectivity index (χ2n) is 7.84. The lowest BCUT2D eigenvalue weighted by Crippen LogP contribution is -2.37. The Morgan fingerprint density at radius 2 is 1.67 bits per heavy atom. The number of pyridine rings is 2.